The Balaban J connectivity index is 2.16. The van der Waals surface area contributed by atoms with E-state index in [9.17, 15) is 9.90 Å². The van der Waals surface area contributed by atoms with Crippen LogP contribution in [0.1, 0.15) is 10.5 Å². The molecule has 0 spiro atoms. The Morgan fingerprint density at radius 1 is 1.16 bits per heavy atom. The summed E-state index contributed by atoms with van der Waals surface area (Å²) in [5.41, 5.74) is 0.643. The molecule has 2 aromatic heterocycles. The van der Waals surface area contributed by atoms with Gasteiger partial charge in [-0.2, -0.15) is 0 Å². The highest BCUT2D eigenvalue weighted by Crippen LogP contribution is 2.31. The third-order valence-electron chi connectivity index (χ3n) is 2.60. The number of nitrogens with zero attached hydrogens (tertiary/aromatic N) is 1. The number of aromatic nitrogens is 1. The number of hydrogen-bond acceptors (Lipinski definition) is 4. The Labute approximate surface area is 113 Å². The van der Waals surface area contributed by atoms with E-state index in [0.29, 0.717) is 11.5 Å². The Kier molecular flexibility index (Phi) is 2.89. The lowest BCUT2D eigenvalue weighted by molar-refractivity contribution is 0.0691. The molecule has 0 amide bonds. The van der Waals surface area contributed by atoms with Crippen LogP contribution in [-0.2, 0) is 0 Å². The molecular weight excluding hydrogens is 262 g/mol. The molecule has 0 aliphatic rings. The third kappa shape index (κ3) is 2.15. The molecule has 0 saturated heterocycles. The lowest BCUT2D eigenvalue weighted by atomic mass is 10.1. The van der Waals surface area contributed by atoms with Crippen molar-refractivity contribution in [3.8, 4) is 22.1 Å². The van der Waals surface area contributed by atoms with E-state index < -0.39 is 5.97 Å². The van der Waals surface area contributed by atoms with Crippen LogP contribution in [0.15, 0.2) is 52.3 Å². The fraction of sp³-hybridized carbons (Fsp3) is 0. The zero-order chi connectivity index (χ0) is 13.2. The summed E-state index contributed by atoms with van der Waals surface area (Å²) >= 11 is 1.46. The van der Waals surface area contributed by atoms with Gasteiger partial charge in [0, 0.05) is 5.56 Å². The topological polar surface area (TPSA) is 63.3 Å². The molecule has 2 heterocycles. The van der Waals surface area contributed by atoms with Gasteiger partial charge in [0.25, 0.3) is 0 Å². The van der Waals surface area contributed by atoms with Crippen molar-refractivity contribution in [2.24, 2.45) is 0 Å². The maximum atomic E-state index is 11.3. The predicted molar refractivity (Wildman–Crippen MR) is 72.2 cm³/mol. The summed E-state index contributed by atoms with van der Waals surface area (Å²) in [5.74, 6) is -0.465. The lowest BCUT2D eigenvalue weighted by Crippen LogP contribution is -1.98. The molecule has 3 aromatic rings. The standard InChI is InChI=1S/C14H9NO3S/c16-14(17)11-12(9-5-2-1-3-6-9)18-13(15-11)10-7-4-8-19-10/h1-8H,(H,16,17). The summed E-state index contributed by atoms with van der Waals surface area (Å²) in [6.07, 6.45) is 0. The van der Waals surface area contributed by atoms with Crippen molar-refractivity contribution in [1.29, 1.82) is 0 Å². The average molecular weight is 271 g/mol. The zero-order valence-electron chi connectivity index (χ0n) is 9.74. The SMILES string of the molecule is O=C(O)c1nc(-c2cccs2)oc1-c1ccccc1. The van der Waals surface area contributed by atoms with Crippen molar-refractivity contribution in [2.45, 2.75) is 0 Å². The maximum Gasteiger partial charge on any atom is 0.358 e. The molecule has 0 saturated carbocycles. The van der Waals surface area contributed by atoms with Gasteiger partial charge in [0.1, 0.15) is 0 Å². The molecule has 3 rings (SSSR count). The van der Waals surface area contributed by atoms with E-state index in [1.165, 1.54) is 11.3 Å². The molecule has 1 aromatic carbocycles. The van der Waals surface area contributed by atoms with Crippen molar-refractivity contribution in [3.05, 3.63) is 53.5 Å². The monoisotopic (exact) mass is 271 g/mol. The zero-order valence-corrected chi connectivity index (χ0v) is 10.6. The summed E-state index contributed by atoms with van der Waals surface area (Å²) < 4.78 is 5.62. The van der Waals surface area contributed by atoms with Crippen LogP contribution < -0.4 is 0 Å². The van der Waals surface area contributed by atoms with E-state index in [0.717, 1.165) is 4.88 Å². The number of thiophene rings is 1. The van der Waals surface area contributed by atoms with Gasteiger partial charge in [-0.05, 0) is 11.4 Å². The molecule has 4 nitrogen and oxygen atoms in total. The van der Waals surface area contributed by atoms with Crippen molar-refractivity contribution in [1.82, 2.24) is 4.98 Å². The first-order valence-electron chi connectivity index (χ1n) is 5.59. The first-order valence-corrected chi connectivity index (χ1v) is 6.47. The third-order valence-corrected chi connectivity index (χ3v) is 3.46. The van der Waals surface area contributed by atoms with Crippen molar-refractivity contribution < 1.29 is 14.3 Å². The minimum absolute atomic E-state index is 0.0606. The first-order chi connectivity index (χ1) is 9.25. The number of carboxylic acid groups (broad SMARTS) is 1. The van der Waals surface area contributed by atoms with Gasteiger partial charge in [-0.15, -0.1) is 11.3 Å². The summed E-state index contributed by atoms with van der Waals surface area (Å²) in [4.78, 5) is 16.1. The molecule has 0 bridgehead atoms. The molecule has 19 heavy (non-hydrogen) atoms. The smallest absolute Gasteiger partial charge is 0.358 e. The minimum atomic E-state index is -1.09. The van der Waals surface area contributed by atoms with Crippen LogP contribution in [0.25, 0.3) is 22.1 Å². The highest BCUT2D eigenvalue weighted by atomic mass is 32.1. The minimum Gasteiger partial charge on any atom is -0.476 e. The highest BCUT2D eigenvalue weighted by Gasteiger charge is 2.21. The average Bonchev–Trinajstić information content (AvgIpc) is 3.08. The van der Waals surface area contributed by atoms with Crippen molar-refractivity contribution in [2.75, 3.05) is 0 Å². The van der Waals surface area contributed by atoms with E-state index >= 15 is 0 Å². The normalized spacial score (nSPS) is 10.5. The van der Waals surface area contributed by atoms with Gasteiger partial charge in [0.05, 0.1) is 4.88 Å². The van der Waals surface area contributed by atoms with Crippen molar-refractivity contribution in [3.63, 3.8) is 0 Å². The van der Waals surface area contributed by atoms with Gasteiger partial charge in [-0.1, -0.05) is 36.4 Å². The summed E-state index contributed by atoms with van der Waals surface area (Å²) in [7, 11) is 0. The molecule has 5 heteroatoms. The Bertz CT molecular complexity index is 702. The van der Waals surface area contributed by atoms with Gasteiger partial charge in [-0.25, -0.2) is 9.78 Å². The fourth-order valence-corrected chi connectivity index (χ4v) is 2.40. The van der Waals surface area contributed by atoms with Crippen LogP contribution in [-0.4, -0.2) is 16.1 Å². The van der Waals surface area contributed by atoms with Crippen LogP contribution in [0, 0.1) is 0 Å². The molecule has 94 valence electrons. The summed E-state index contributed by atoms with van der Waals surface area (Å²) in [6, 6.07) is 12.8. The van der Waals surface area contributed by atoms with Crippen LogP contribution in [0.5, 0.6) is 0 Å². The quantitative estimate of drug-likeness (QED) is 0.787. The Morgan fingerprint density at radius 3 is 2.58 bits per heavy atom. The number of carbonyl (C=O) groups is 1. The molecular formula is C14H9NO3S. The van der Waals surface area contributed by atoms with Crippen LogP contribution in [0.3, 0.4) is 0 Å². The molecule has 0 radical (unpaired) electrons. The van der Waals surface area contributed by atoms with Gasteiger partial charge in [0.15, 0.2) is 11.5 Å². The van der Waals surface area contributed by atoms with Crippen molar-refractivity contribution >= 4 is 17.3 Å². The van der Waals surface area contributed by atoms with Gasteiger partial charge in [0.2, 0.25) is 5.89 Å². The summed E-state index contributed by atoms with van der Waals surface area (Å²) in [5, 5.41) is 11.1. The molecule has 0 aliphatic heterocycles. The lowest BCUT2D eigenvalue weighted by Gasteiger charge is -1.96. The molecule has 0 atom stereocenters. The number of oxazole rings is 1. The first kappa shape index (κ1) is 11.7. The van der Waals surface area contributed by atoms with E-state index in [1.807, 2.05) is 35.7 Å². The second kappa shape index (κ2) is 4.70. The van der Waals surface area contributed by atoms with Gasteiger partial charge >= 0.3 is 5.97 Å². The van der Waals surface area contributed by atoms with E-state index in [4.69, 9.17) is 4.42 Å². The number of aromatic carboxylic acids is 1. The van der Waals surface area contributed by atoms with Crippen LogP contribution in [0.4, 0.5) is 0 Å². The predicted octanol–water partition coefficient (Wildman–Crippen LogP) is 3.77. The second-order valence-electron chi connectivity index (χ2n) is 3.85. The van der Waals surface area contributed by atoms with Crippen LogP contribution in [0.2, 0.25) is 0 Å². The summed E-state index contributed by atoms with van der Waals surface area (Å²) in [6.45, 7) is 0. The number of benzene rings is 1. The second-order valence-corrected chi connectivity index (χ2v) is 4.79. The van der Waals surface area contributed by atoms with E-state index in [2.05, 4.69) is 4.98 Å². The molecule has 0 unspecified atom stereocenters. The number of carboxylic acids is 1. The Morgan fingerprint density at radius 2 is 1.95 bits per heavy atom. The van der Waals surface area contributed by atoms with Gasteiger partial charge in [-0.3, -0.25) is 0 Å². The molecule has 0 fully saturated rings. The van der Waals surface area contributed by atoms with Crippen LogP contribution >= 0.6 is 11.3 Å². The molecule has 0 aliphatic carbocycles. The fourth-order valence-electron chi connectivity index (χ4n) is 1.76. The largest absolute Gasteiger partial charge is 0.476 e. The van der Waals surface area contributed by atoms with Gasteiger partial charge < -0.3 is 9.52 Å². The molecule has 1 N–H and O–H groups in total. The number of hydrogen-bond donors (Lipinski definition) is 1. The number of rotatable bonds is 3. The van der Waals surface area contributed by atoms with E-state index in [-0.39, 0.29) is 11.5 Å². The Hall–Kier alpha value is -2.40. The highest BCUT2D eigenvalue weighted by molar-refractivity contribution is 7.13. The maximum absolute atomic E-state index is 11.3. The van der Waals surface area contributed by atoms with E-state index in [1.54, 1.807) is 12.1 Å².